The second-order valence-electron chi connectivity index (χ2n) is 5.82. The first kappa shape index (κ1) is 16.3. The van der Waals surface area contributed by atoms with E-state index >= 15 is 0 Å². The van der Waals surface area contributed by atoms with Crippen molar-refractivity contribution in [3.8, 4) is 10.4 Å². The summed E-state index contributed by atoms with van der Waals surface area (Å²) < 4.78 is 0.928. The highest BCUT2D eigenvalue weighted by Crippen LogP contribution is 2.40. The molecule has 0 aliphatic heterocycles. The summed E-state index contributed by atoms with van der Waals surface area (Å²) in [4.78, 5) is 13.9. The molecule has 2 N–H and O–H groups in total. The van der Waals surface area contributed by atoms with Crippen molar-refractivity contribution in [1.82, 2.24) is 15.0 Å². The van der Waals surface area contributed by atoms with Crippen LogP contribution in [0.1, 0.15) is 11.1 Å². The number of benzene rings is 1. The number of aryl methyl sites for hydroxylation is 1. The van der Waals surface area contributed by atoms with Gasteiger partial charge in [-0.1, -0.05) is 18.2 Å². The summed E-state index contributed by atoms with van der Waals surface area (Å²) >= 11 is 1.61. The van der Waals surface area contributed by atoms with Gasteiger partial charge in [0.05, 0.1) is 12.1 Å². The van der Waals surface area contributed by atoms with E-state index in [4.69, 9.17) is 5.73 Å². The lowest BCUT2D eigenvalue weighted by Crippen LogP contribution is -1.85. The SMILES string of the molecule is Cc1c(-c2cccc(N)c2)sc2c(N=NCc3cccnc3)ncnc12. The zero-order valence-electron chi connectivity index (χ0n) is 14.1. The fraction of sp³-hybridized carbons (Fsp3) is 0.105. The number of fused-ring (bicyclic) bond motifs is 1. The Kier molecular flexibility index (Phi) is 4.37. The van der Waals surface area contributed by atoms with E-state index in [9.17, 15) is 0 Å². The van der Waals surface area contributed by atoms with Crippen LogP contribution in [0.3, 0.4) is 0 Å². The Morgan fingerprint density at radius 2 is 2.08 bits per heavy atom. The molecule has 4 aromatic rings. The van der Waals surface area contributed by atoms with Crippen molar-refractivity contribution in [2.45, 2.75) is 13.5 Å². The number of aromatic nitrogens is 3. The summed E-state index contributed by atoms with van der Waals surface area (Å²) in [6, 6.07) is 11.7. The maximum atomic E-state index is 5.93. The average molecular weight is 360 g/mol. The second kappa shape index (κ2) is 6.97. The van der Waals surface area contributed by atoms with Crippen LogP contribution in [-0.2, 0) is 6.54 Å². The van der Waals surface area contributed by atoms with Crippen LogP contribution in [-0.4, -0.2) is 15.0 Å². The second-order valence-corrected chi connectivity index (χ2v) is 6.84. The lowest BCUT2D eigenvalue weighted by Gasteiger charge is -2.00. The van der Waals surface area contributed by atoms with Crippen LogP contribution in [0, 0.1) is 6.92 Å². The van der Waals surface area contributed by atoms with Crippen molar-refractivity contribution in [3.05, 3.63) is 66.2 Å². The first-order chi connectivity index (χ1) is 12.7. The molecule has 1 aromatic carbocycles. The van der Waals surface area contributed by atoms with Crippen LogP contribution in [0.25, 0.3) is 20.7 Å². The Morgan fingerprint density at radius 3 is 2.88 bits per heavy atom. The van der Waals surface area contributed by atoms with Gasteiger partial charge >= 0.3 is 0 Å². The molecule has 0 unspecified atom stereocenters. The predicted octanol–water partition coefficient (Wildman–Crippen LogP) is 4.93. The maximum absolute atomic E-state index is 5.93. The minimum absolute atomic E-state index is 0.464. The monoisotopic (exact) mass is 360 g/mol. The smallest absolute Gasteiger partial charge is 0.195 e. The van der Waals surface area contributed by atoms with Crippen molar-refractivity contribution in [2.24, 2.45) is 10.2 Å². The minimum atomic E-state index is 0.464. The molecule has 0 bridgehead atoms. The van der Waals surface area contributed by atoms with Gasteiger partial charge in [-0.2, -0.15) is 5.11 Å². The van der Waals surface area contributed by atoms with E-state index in [0.29, 0.717) is 12.4 Å². The highest BCUT2D eigenvalue weighted by atomic mass is 32.1. The van der Waals surface area contributed by atoms with Crippen LogP contribution >= 0.6 is 11.3 Å². The lowest BCUT2D eigenvalue weighted by molar-refractivity contribution is 0.939. The number of rotatable bonds is 4. The maximum Gasteiger partial charge on any atom is 0.195 e. The van der Waals surface area contributed by atoms with Gasteiger partial charge in [-0.15, -0.1) is 16.5 Å². The zero-order chi connectivity index (χ0) is 17.9. The molecule has 128 valence electrons. The van der Waals surface area contributed by atoms with E-state index in [1.165, 1.54) is 6.33 Å². The highest BCUT2D eigenvalue weighted by molar-refractivity contribution is 7.23. The van der Waals surface area contributed by atoms with Gasteiger partial charge in [0.2, 0.25) is 0 Å². The topological polar surface area (TPSA) is 89.4 Å². The standard InChI is InChI=1S/C19H16N6S/c1-12-16-18(26-17(12)14-5-2-6-15(20)8-14)19(23-11-22-16)25-24-10-13-4-3-7-21-9-13/h2-9,11H,10,20H2,1H3. The van der Waals surface area contributed by atoms with Crippen molar-refractivity contribution < 1.29 is 0 Å². The molecule has 0 saturated carbocycles. The zero-order valence-corrected chi connectivity index (χ0v) is 14.9. The fourth-order valence-electron chi connectivity index (χ4n) is 2.71. The molecule has 0 aliphatic rings. The molecule has 4 rings (SSSR count). The van der Waals surface area contributed by atoms with Gasteiger partial charge < -0.3 is 5.73 Å². The quantitative estimate of drug-likeness (QED) is 0.413. The first-order valence-corrected chi connectivity index (χ1v) is 8.90. The van der Waals surface area contributed by atoms with Crippen molar-refractivity contribution in [3.63, 3.8) is 0 Å². The van der Waals surface area contributed by atoms with Gasteiger partial charge in [-0.3, -0.25) is 4.98 Å². The summed E-state index contributed by atoms with van der Waals surface area (Å²) in [5.41, 5.74) is 10.7. The van der Waals surface area contributed by atoms with Gasteiger partial charge in [0.25, 0.3) is 0 Å². The van der Waals surface area contributed by atoms with Gasteiger partial charge in [0.15, 0.2) is 5.82 Å². The van der Waals surface area contributed by atoms with E-state index in [1.54, 1.807) is 23.7 Å². The Hall–Kier alpha value is -3.19. The van der Waals surface area contributed by atoms with Crippen LogP contribution in [0.5, 0.6) is 0 Å². The number of pyridine rings is 1. The van der Waals surface area contributed by atoms with Crippen molar-refractivity contribution in [1.29, 1.82) is 0 Å². The molecule has 0 saturated heterocycles. The van der Waals surface area contributed by atoms with Gasteiger partial charge in [-0.25, -0.2) is 9.97 Å². The number of thiophene rings is 1. The molecule has 0 aliphatic carbocycles. The van der Waals surface area contributed by atoms with Gasteiger partial charge in [-0.05, 0) is 41.8 Å². The summed E-state index contributed by atoms with van der Waals surface area (Å²) in [6.07, 6.45) is 5.05. The number of azo groups is 1. The number of anilines is 1. The van der Waals surface area contributed by atoms with Gasteiger partial charge in [0, 0.05) is 23.0 Å². The third-order valence-electron chi connectivity index (χ3n) is 3.98. The Bertz CT molecular complexity index is 1090. The molecule has 3 heterocycles. The molecular formula is C19H16N6S. The highest BCUT2D eigenvalue weighted by Gasteiger charge is 2.15. The molecule has 0 spiro atoms. The third kappa shape index (κ3) is 3.16. The van der Waals surface area contributed by atoms with Crippen LogP contribution < -0.4 is 5.73 Å². The molecule has 3 aromatic heterocycles. The Labute approximate surface area is 154 Å². The lowest BCUT2D eigenvalue weighted by atomic mass is 10.1. The van der Waals surface area contributed by atoms with E-state index in [-0.39, 0.29) is 0 Å². The number of nitrogens with zero attached hydrogens (tertiary/aromatic N) is 5. The molecule has 0 radical (unpaired) electrons. The van der Waals surface area contributed by atoms with Crippen molar-refractivity contribution >= 4 is 33.1 Å². The molecule has 0 fully saturated rings. The molecular weight excluding hydrogens is 344 g/mol. The van der Waals surface area contributed by atoms with Crippen LogP contribution in [0.4, 0.5) is 11.5 Å². The number of hydrogen-bond acceptors (Lipinski definition) is 7. The molecule has 0 atom stereocenters. The van der Waals surface area contributed by atoms with E-state index < -0.39 is 0 Å². The average Bonchev–Trinajstić information content (AvgIpc) is 3.00. The van der Waals surface area contributed by atoms with E-state index in [0.717, 1.165) is 37.5 Å². The summed E-state index contributed by atoms with van der Waals surface area (Å²) in [7, 11) is 0. The molecule has 6 nitrogen and oxygen atoms in total. The normalized spacial score (nSPS) is 11.4. The predicted molar refractivity (Wildman–Crippen MR) is 104 cm³/mol. The largest absolute Gasteiger partial charge is 0.399 e. The number of nitrogen functional groups attached to an aromatic ring is 1. The van der Waals surface area contributed by atoms with E-state index in [2.05, 4.69) is 32.1 Å². The van der Waals surface area contributed by atoms with Gasteiger partial charge in [0.1, 0.15) is 11.0 Å². The number of nitrogens with two attached hydrogens (primary N) is 1. The third-order valence-corrected chi connectivity index (χ3v) is 5.30. The molecule has 0 amide bonds. The van der Waals surface area contributed by atoms with Crippen LogP contribution in [0.15, 0.2) is 65.3 Å². The van der Waals surface area contributed by atoms with Crippen LogP contribution in [0.2, 0.25) is 0 Å². The Balaban J connectivity index is 1.71. The summed E-state index contributed by atoms with van der Waals surface area (Å²) in [6.45, 7) is 2.52. The summed E-state index contributed by atoms with van der Waals surface area (Å²) in [5.74, 6) is 0.585. The van der Waals surface area contributed by atoms with E-state index in [1.807, 2.05) is 36.4 Å². The first-order valence-electron chi connectivity index (χ1n) is 8.09. The summed E-state index contributed by atoms with van der Waals surface area (Å²) in [5, 5.41) is 8.60. The molecule has 26 heavy (non-hydrogen) atoms. The minimum Gasteiger partial charge on any atom is -0.399 e. The Morgan fingerprint density at radius 1 is 1.15 bits per heavy atom. The number of hydrogen-bond donors (Lipinski definition) is 1. The van der Waals surface area contributed by atoms with Crippen molar-refractivity contribution in [2.75, 3.05) is 5.73 Å². The fourth-order valence-corrected chi connectivity index (χ4v) is 3.90. The molecule has 7 heteroatoms.